The molecule has 1 aliphatic rings. The molecule has 1 aliphatic heterocycles. The zero-order valence-corrected chi connectivity index (χ0v) is 19.6. The Morgan fingerprint density at radius 3 is 2.06 bits per heavy atom. The number of Topliss-reactive ketones (excluding diaryl/α,β-unsaturated/α-hetero) is 1. The maximum Gasteiger partial charge on any atom is 0.338 e. The summed E-state index contributed by atoms with van der Waals surface area (Å²) in [4.78, 5) is 25.1. The molecule has 32 heavy (non-hydrogen) atoms. The van der Waals surface area contributed by atoms with Crippen molar-refractivity contribution in [1.82, 2.24) is 4.31 Å². The van der Waals surface area contributed by atoms with Gasteiger partial charge in [-0.05, 0) is 57.0 Å². The van der Waals surface area contributed by atoms with Gasteiger partial charge in [0.25, 0.3) is 0 Å². The molecule has 1 heterocycles. The van der Waals surface area contributed by atoms with E-state index in [0.29, 0.717) is 5.56 Å². The number of hydrogen-bond acceptors (Lipinski definition) is 6. The van der Waals surface area contributed by atoms with Crippen LogP contribution in [0.2, 0.25) is 0 Å². The van der Waals surface area contributed by atoms with E-state index in [-0.39, 0.29) is 41.5 Å². The van der Waals surface area contributed by atoms with Gasteiger partial charge in [0.15, 0.2) is 6.10 Å². The number of aryl methyl sites for hydroxylation is 1. The molecule has 1 fully saturated rings. The zero-order chi connectivity index (χ0) is 23.5. The van der Waals surface area contributed by atoms with E-state index in [2.05, 4.69) is 0 Å². The number of esters is 1. The van der Waals surface area contributed by atoms with E-state index >= 15 is 0 Å². The summed E-state index contributed by atoms with van der Waals surface area (Å²) >= 11 is 0. The predicted molar refractivity (Wildman–Crippen MR) is 120 cm³/mol. The van der Waals surface area contributed by atoms with Crippen LogP contribution >= 0.6 is 0 Å². The summed E-state index contributed by atoms with van der Waals surface area (Å²) in [5, 5.41) is 0. The number of ketones is 1. The van der Waals surface area contributed by atoms with Gasteiger partial charge in [0, 0.05) is 18.7 Å². The SMILES string of the molecule is CCc1ccc(C(=O)C(C)OC(=O)c2ccc(S(=O)(=O)N3CC(C)OC(C)C3)cc2)cc1. The van der Waals surface area contributed by atoms with Gasteiger partial charge in [0.2, 0.25) is 15.8 Å². The minimum Gasteiger partial charge on any atom is -0.451 e. The first-order valence-corrected chi connectivity index (χ1v) is 12.2. The molecule has 0 spiro atoms. The van der Waals surface area contributed by atoms with Crippen LogP contribution in [0, 0.1) is 0 Å². The third kappa shape index (κ3) is 5.43. The molecule has 0 N–H and O–H groups in total. The lowest BCUT2D eigenvalue weighted by Crippen LogP contribution is -2.48. The molecular weight excluding hydrogens is 430 g/mol. The number of benzene rings is 2. The second-order valence-electron chi connectivity index (χ2n) is 8.07. The van der Waals surface area contributed by atoms with E-state index in [4.69, 9.17) is 9.47 Å². The van der Waals surface area contributed by atoms with Gasteiger partial charge in [-0.3, -0.25) is 4.79 Å². The lowest BCUT2D eigenvalue weighted by Gasteiger charge is -2.34. The highest BCUT2D eigenvalue weighted by Gasteiger charge is 2.32. The Bertz CT molecular complexity index is 1050. The second-order valence-corrected chi connectivity index (χ2v) is 10.0. The maximum atomic E-state index is 12.9. The van der Waals surface area contributed by atoms with Crippen LogP contribution in [-0.4, -0.2) is 55.9 Å². The minimum absolute atomic E-state index is 0.0930. The molecule has 2 aromatic carbocycles. The zero-order valence-electron chi connectivity index (χ0n) is 18.8. The first-order valence-electron chi connectivity index (χ1n) is 10.7. The average Bonchev–Trinajstić information content (AvgIpc) is 2.78. The predicted octanol–water partition coefficient (Wildman–Crippen LogP) is 3.48. The molecule has 0 amide bonds. The number of nitrogens with zero attached hydrogens (tertiary/aromatic N) is 1. The molecule has 7 nitrogen and oxygen atoms in total. The van der Waals surface area contributed by atoms with Gasteiger partial charge in [-0.1, -0.05) is 31.2 Å². The van der Waals surface area contributed by atoms with E-state index in [0.717, 1.165) is 12.0 Å². The summed E-state index contributed by atoms with van der Waals surface area (Å²) < 4.78 is 38.2. The van der Waals surface area contributed by atoms with Crippen molar-refractivity contribution in [3.05, 3.63) is 65.2 Å². The molecule has 8 heteroatoms. The number of hydrogen-bond donors (Lipinski definition) is 0. The average molecular weight is 460 g/mol. The molecule has 0 saturated carbocycles. The van der Waals surface area contributed by atoms with Crippen LogP contribution in [0.15, 0.2) is 53.4 Å². The number of morpholine rings is 1. The van der Waals surface area contributed by atoms with Crippen molar-refractivity contribution in [1.29, 1.82) is 0 Å². The highest BCUT2D eigenvalue weighted by Crippen LogP contribution is 2.22. The summed E-state index contributed by atoms with van der Waals surface area (Å²) in [7, 11) is -3.70. The lowest BCUT2D eigenvalue weighted by molar-refractivity contribution is -0.0440. The third-order valence-corrected chi connectivity index (χ3v) is 7.26. The molecule has 0 radical (unpaired) electrons. The smallest absolute Gasteiger partial charge is 0.338 e. The Hall–Kier alpha value is -2.55. The van der Waals surface area contributed by atoms with Gasteiger partial charge in [-0.25, -0.2) is 13.2 Å². The maximum absolute atomic E-state index is 12.9. The Balaban J connectivity index is 1.67. The summed E-state index contributed by atoms with van der Waals surface area (Å²) in [6.45, 7) is 7.76. The number of sulfonamides is 1. The van der Waals surface area contributed by atoms with Crippen LogP contribution in [0.4, 0.5) is 0 Å². The lowest BCUT2D eigenvalue weighted by atomic mass is 10.0. The van der Waals surface area contributed by atoms with Gasteiger partial charge in [0.1, 0.15) is 0 Å². The third-order valence-electron chi connectivity index (χ3n) is 5.41. The molecular formula is C24H29NO6S. The van der Waals surface area contributed by atoms with Crippen molar-refractivity contribution in [2.75, 3.05) is 13.1 Å². The molecule has 0 aromatic heterocycles. The number of ether oxygens (including phenoxy) is 2. The van der Waals surface area contributed by atoms with Crippen molar-refractivity contribution in [2.24, 2.45) is 0 Å². The molecule has 3 rings (SSSR count). The van der Waals surface area contributed by atoms with Crippen molar-refractivity contribution in [3.63, 3.8) is 0 Å². The van der Waals surface area contributed by atoms with Gasteiger partial charge in [-0.15, -0.1) is 0 Å². The first-order chi connectivity index (χ1) is 15.1. The Morgan fingerprint density at radius 1 is 1.00 bits per heavy atom. The number of carbonyl (C=O) groups excluding carboxylic acids is 2. The van der Waals surface area contributed by atoms with Crippen molar-refractivity contribution in [3.8, 4) is 0 Å². The Kier molecular flexibility index (Phi) is 7.48. The highest BCUT2D eigenvalue weighted by atomic mass is 32.2. The molecule has 0 bridgehead atoms. The Labute approximate surface area is 189 Å². The normalized spacial score (nSPS) is 20.5. The van der Waals surface area contributed by atoms with E-state index in [9.17, 15) is 18.0 Å². The van der Waals surface area contributed by atoms with Crippen LogP contribution in [0.3, 0.4) is 0 Å². The van der Waals surface area contributed by atoms with Crippen molar-refractivity contribution >= 4 is 21.8 Å². The monoisotopic (exact) mass is 459 g/mol. The fourth-order valence-corrected chi connectivity index (χ4v) is 5.25. The van der Waals surface area contributed by atoms with E-state index in [1.54, 1.807) is 12.1 Å². The van der Waals surface area contributed by atoms with E-state index in [1.165, 1.54) is 35.5 Å². The van der Waals surface area contributed by atoms with Crippen LogP contribution < -0.4 is 0 Å². The van der Waals surface area contributed by atoms with Gasteiger partial charge in [-0.2, -0.15) is 4.31 Å². The molecule has 172 valence electrons. The van der Waals surface area contributed by atoms with E-state index in [1.807, 2.05) is 32.9 Å². The molecule has 3 unspecified atom stereocenters. The van der Waals surface area contributed by atoms with Gasteiger partial charge >= 0.3 is 5.97 Å². The van der Waals surface area contributed by atoms with Crippen LogP contribution in [0.25, 0.3) is 0 Å². The largest absolute Gasteiger partial charge is 0.451 e. The molecule has 3 atom stereocenters. The second kappa shape index (κ2) is 9.94. The summed E-state index contributed by atoms with van der Waals surface area (Å²) in [6.07, 6.45) is -0.483. The van der Waals surface area contributed by atoms with Crippen molar-refractivity contribution in [2.45, 2.75) is 57.3 Å². The molecule has 1 saturated heterocycles. The molecule has 2 aromatic rings. The quantitative estimate of drug-likeness (QED) is 0.465. The highest BCUT2D eigenvalue weighted by molar-refractivity contribution is 7.89. The van der Waals surface area contributed by atoms with Crippen LogP contribution in [-0.2, 0) is 25.9 Å². The first kappa shape index (κ1) is 24.1. The summed E-state index contributed by atoms with van der Waals surface area (Å²) in [6, 6.07) is 12.7. The molecule has 0 aliphatic carbocycles. The summed E-state index contributed by atoms with van der Waals surface area (Å²) in [5.74, 6) is -0.982. The summed E-state index contributed by atoms with van der Waals surface area (Å²) in [5.41, 5.74) is 1.76. The fraction of sp³-hybridized carbons (Fsp3) is 0.417. The number of carbonyl (C=O) groups is 2. The topological polar surface area (TPSA) is 90.0 Å². The Morgan fingerprint density at radius 2 is 1.53 bits per heavy atom. The van der Waals surface area contributed by atoms with Crippen LogP contribution in [0.1, 0.15) is 54.0 Å². The standard InChI is InChI=1S/C24H29NO6S/c1-5-19-6-8-20(9-7-19)23(26)18(4)31-24(27)21-10-12-22(13-11-21)32(28,29)25-14-16(2)30-17(3)15-25/h6-13,16-18H,5,14-15H2,1-4H3. The fourth-order valence-electron chi connectivity index (χ4n) is 3.66. The van der Waals surface area contributed by atoms with Gasteiger partial charge < -0.3 is 9.47 Å². The van der Waals surface area contributed by atoms with Crippen LogP contribution in [0.5, 0.6) is 0 Å². The minimum atomic E-state index is -3.70. The van der Waals surface area contributed by atoms with Crippen molar-refractivity contribution < 1.29 is 27.5 Å². The van der Waals surface area contributed by atoms with E-state index < -0.39 is 22.1 Å². The number of rotatable bonds is 7. The van der Waals surface area contributed by atoms with Gasteiger partial charge in [0.05, 0.1) is 22.7 Å².